The third-order valence-electron chi connectivity index (χ3n) is 1.97. The third kappa shape index (κ3) is 1.55. The van der Waals surface area contributed by atoms with Gasteiger partial charge in [-0.2, -0.15) is 5.10 Å². The molecule has 1 rings (SSSR count). The molecule has 0 spiro atoms. The minimum Gasteiger partial charge on any atom is -0.268 e. The van der Waals surface area contributed by atoms with Crippen LogP contribution in [0.25, 0.3) is 0 Å². The number of rotatable bonds is 2. The summed E-state index contributed by atoms with van der Waals surface area (Å²) in [7, 11) is 0. The molecule has 0 radical (unpaired) electrons. The summed E-state index contributed by atoms with van der Waals surface area (Å²) in [4.78, 5) is 11.3. The van der Waals surface area contributed by atoms with Gasteiger partial charge in [0.05, 0.1) is 6.20 Å². The van der Waals surface area contributed by atoms with Gasteiger partial charge < -0.3 is 0 Å². The summed E-state index contributed by atoms with van der Waals surface area (Å²) in [5.41, 5.74) is 1.87. The lowest BCUT2D eigenvalue weighted by Gasteiger charge is -2.07. The highest BCUT2D eigenvalue weighted by Crippen LogP contribution is 2.14. The fraction of sp³-hybridized carbons (Fsp3) is 0.556. The minimum atomic E-state index is -0.0521. The Labute approximate surface area is 71.8 Å². The van der Waals surface area contributed by atoms with Crippen molar-refractivity contribution in [2.45, 2.75) is 33.1 Å². The first-order valence-corrected chi connectivity index (χ1v) is 4.23. The van der Waals surface area contributed by atoms with Crippen LogP contribution in [0.3, 0.4) is 0 Å². The number of nitrogens with zero attached hydrogens (tertiary/aromatic N) is 1. The van der Waals surface area contributed by atoms with Gasteiger partial charge >= 0.3 is 0 Å². The van der Waals surface area contributed by atoms with E-state index in [0.717, 1.165) is 17.5 Å². The van der Waals surface area contributed by atoms with Gasteiger partial charge in [0.15, 0.2) is 0 Å². The number of nitrogens with one attached hydrogen (secondary N) is 1. The van der Waals surface area contributed by atoms with Crippen LogP contribution >= 0.6 is 0 Å². The molecule has 1 N–H and O–H groups in total. The van der Waals surface area contributed by atoms with E-state index >= 15 is 0 Å². The van der Waals surface area contributed by atoms with Crippen LogP contribution in [0.15, 0.2) is 11.0 Å². The van der Waals surface area contributed by atoms with E-state index in [9.17, 15) is 4.79 Å². The van der Waals surface area contributed by atoms with Crippen LogP contribution in [0.2, 0.25) is 0 Å². The molecule has 3 nitrogen and oxygen atoms in total. The van der Waals surface area contributed by atoms with Crippen LogP contribution in [-0.4, -0.2) is 10.2 Å². The number of H-pyrrole nitrogens is 1. The first kappa shape index (κ1) is 8.97. The van der Waals surface area contributed by atoms with Gasteiger partial charge in [-0.3, -0.25) is 4.79 Å². The normalized spacial score (nSPS) is 10.7. The second-order valence-corrected chi connectivity index (χ2v) is 3.14. The summed E-state index contributed by atoms with van der Waals surface area (Å²) < 4.78 is 0. The molecule has 12 heavy (non-hydrogen) atoms. The van der Waals surface area contributed by atoms with Crippen molar-refractivity contribution in [1.29, 1.82) is 0 Å². The number of hydrogen-bond acceptors (Lipinski definition) is 2. The Kier molecular flexibility index (Phi) is 2.63. The zero-order valence-electron chi connectivity index (χ0n) is 7.72. The van der Waals surface area contributed by atoms with Gasteiger partial charge in [-0.15, -0.1) is 0 Å². The second-order valence-electron chi connectivity index (χ2n) is 3.14. The van der Waals surface area contributed by atoms with E-state index in [1.165, 1.54) is 0 Å². The molecular weight excluding hydrogens is 152 g/mol. The van der Waals surface area contributed by atoms with Crippen LogP contribution in [0, 0.1) is 0 Å². The molecule has 0 bridgehead atoms. The monoisotopic (exact) mass is 166 g/mol. The largest absolute Gasteiger partial charge is 0.268 e. The highest BCUT2D eigenvalue weighted by Gasteiger charge is 2.08. The average Bonchev–Trinajstić information content (AvgIpc) is 2.03. The van der Waals surface area contributed by atoms with E-state index in [4.69, 9.17) is 0 Å². The maximum absolute atomic E-state index is 11.3. The number of aromatic amines is 1. The van der Waals surface area contributed by atoms with Crippen molar-refractivity contribution in [2.24, 2.45) is 0 Å². The number of hydrogen-bond donors (Lipinski definition) is 1. The van der Waals surface area contributed by atoms with E-state index in [2.05, 4.69) is 24.0 Å². The molecule has 0 atom stereocenters. The molecular formula is C9H14N2O. The van der Waals surface area contributed by atoms with Crippen molar-refractivity contribution in [3.05, 3.63) is 27.7 Å². The van der Waals surface area contributed by atoms with Gasteiger partial charge in [-0.1, -0.05) is 20.8 Å². The van der Waals surface area contributed by atoms with Gasteiger partial charge in [0.1, 0.15) is 0 Å². The van der Waals surface area contributed by atoms with Crippen LogP contribution in [-0.2, 0) is 6.42 Å². The SMILES string of the molecule is CCc1c(C(C)C)cn[nH]c1=O. The van der Waals surface area contributed by atoms with E-state index in [1.54, 1.807) is 6.20 Å². The van der Waals surface area contributed by atoms with Crippen LogP contribution < -0.4 is 5.56 Å². The molecule has 0 unspecified atom stereocenters. The molecule has 0 aliphatic heterocycles. The standard InChI is InChI=1S/C9H14N2O/c1-4-7-8(6(2)3)5-10-11-9(7)12/h5-6H,4H2,1-3H3,(H,11,12). The van der Waals surface area contributed by atoms with Gasteiger partial charge in [-0.25, -0.2) is 5.10 Å². The van der Waals surface area contributed by atoms with E-state index in [-0.39, 0.29) is 5.56 Å². The lowest BCUT2D eigenvalue weighted by Crippen LogP contribution is -2.16. The van der Waals surface area contributed by atoms with Crippen molar-refractivity contribution in [2.75, 3.05) is 0 Å². The Morgan fingerprint density at radius 2 is 2.25 bits per heavy atom. The van der Waals surface area contributed by atoms with E-state index in [1.807, 2.05) is 6.92 Å². The first-order valence-electron chi connectivity index (χ1n) is 4.23. The molecule has 1 aromatic heterocycles. The topological polar surface area (TPSA) is 45.8 Å². The molecule has 0 aliphatic carbocycles. The summed E-state index contributed by atoms with van der Waals surface area (Å²) in [5, 5.41) is 6.22. The van der Waals surface area contributed by atoms with Gasteiger partial charge in [0.2, 0.25) is 0 Å². The summed E-state index contributed by atoms with van der Waals surface area (Å²) in [5.74, 6) is 0.370. The molecule has 0 fully saturated rings. The molecule has 0 aromatic carbocycles. The Hall–Kier alpha value is -1.12. The smallest absolute Gasteiger partial charge is 0.267 e. The molecule has 0 aliphatic rings. The van der Waals surface area contributed by atoms with Crippen molar-refractivity contribution in [1.82, 2.24) is 10.2 Å². The fourth-order valence-corrected chi connectivity index (χ4v) is 1.30. The summed E-state index contributed by atoms with van der Waals surface area (Å²) >= 11 is 0. The summed E-state index contributed by atoms with van der Waals surface area (Å²) in [6, 6.07) is 0. The van der Waals surface area contributed by atoms with Crippen molar-refractivity contribution in [3.63, 3.8) is 0 Å². The van der Waals surface area contributed by atoms with Crippen molar-refractivity contribution < 1.29 is 0 Å². The molecule has 66 valence electrons. The lowest BCUT2D eigenvalue weighted by molar-refractivity contribution is 0.801. The Balaban J connectivity index is 3.28. The lowest BCUT2D eigenvalue weighted by atomic mass is 9.99. The zero-order chi connectivity index (χ0) is 9.14. The molecule has 1 aromatic rings. The summed E-state index contributed by atoms with van der Waals surface area (Å²) in [6.45, 7) is 6.11. The molecule has 0 saturated heterocycles. The van der Waals surface area contributed by atoms with Gasteiger partial charge in [0, 0.05) is 5.56 Å². The van der Waals surface area contributed by atoms with Crippen molar-refractivity contribution >= 4 is 0 Å². The quantitative estimate of drug-likeness (QED) is 0.722. The highest BCUT2D eigenvalue weighted by molar-refractivity contribution is 5.23. The fourth-order valence-electron chi connectivity index (χ4n) is 1.30. The predicted molar refractivity (Wildman–Crippen MR) is 48.3 cm³/mol. The zero-order valence-corrected chi connectivity index (χ0v) is 7.72. The van der Waals surface area contributed by atoms with Gasteiger partial charge in [-0.05, 0) is 17.9 Å². The molecule has 1 heterocycles. The highest BCUT2D eigenvalue weighted by atomic mass is 16.1. The molecule has 3 heteroatoms. The summed E-state index contributed by atoms with van der Waals surface area (Å²) in [6.07, 6.45) is 2.51. The maximum atomic E-state index is 11.3. The predicted octanol–water partition coefficient (Wildman–Crippen LogP) is 1.46. The Morgan fingerprint density at radius 1 is 1.58 bits per heavy atom. The Morgan fingerprint density at radius 3 is 2.67 bits per heavy atom. The maximum Gasteiger partial charge on any atom is 0.267 e. The van der Waals surface area contributed by atoms with E-state index < -0.39 is 0 Å². The molecule has 0 amide bonds. The van der Waals surface area contributed by atoms with E-state index in [0.29, 0.717) is 5.92 Å². The first-order chi connectivity index (χ1) is 5.66. The van der Waals surface area contributed by atoms with Gasteiger partial charge in [0.25, 0.3) is 5.56 Å². The van der Waals surface area contributed by atoms with Crippen molar-refractivity contribution in [3.8, 4) is 0 Å². The molecule has 0 saturated carbocycles. The average molecular weight is 166 g/mol. The Bertz CT molecular complexity index is 315. The third-order valence-corrected chi connectivity index (χ3v) is 1.97. The van der Waals surface area contributed by atoms with Crippen LogP contribution in [0.4, 0.5) is 0 Å². The van der Waals surface area contributed by atoms with Crippen LogP contribution in [0.5, 0.6) is 0 Å². The second kappa shape index (κ2) is 3.52. The minimum absolute atomic E-state index is 0.0521. The number of aromatic nitrogens is 2. The van der Waals surface area contributed by atoms with Crippen LogP contribution in [0.1, 0.15) is 37.8 Å².